The van der Waals surface area contributed by atoms with Gasteiger partial charge in [-0.05, 0) is 49.5 Å². The molecule has 0 amide bonds. The molecule has 0 unspecified atom stereocenters. The second-order valence-corrected chi connectivity index (χ2v) is 8.78. The Hall–Kier alpha value is -1.69. The third-order valence-electron chi connectivity index (χ3n) is 5.00. The van der Waals surface area contributed by atoms with Crippen LogP contribution in [-0.2, 0) is 9.84 Å². The third-order valence-corrected chi connectivity index (χ3v) is 6.71. The average molecular weight is 359 g/mol. The molecule has 1 fully saturated rings. The van der Waals surface area contributed by atoms with Crippen LogP contribution in [0.4, 0.5) is 0 Å². The molecule has 0 spiro atoms. The Labute approximate surface area is 150 Å². The number of sulfone groups is 1. The van der Waals surface area contributed by atoms with Crippen LogP contribution in [0, 0.1) is 5.92 Å². The van der Waals surface area contributed by atoms with E-state index in [0.29, 0.717) is 11.4 Å². The topological polar surface area (TPSA) is 57.6 Å². The van der Waals surface area contributed by atoms with E-state index in [1.54, 1.807) is 24.3 Å². The summed E-state index contributed by atoms with van der Waals surface area (Å²) in [4.78, 5) is 2.58. The number of hydrogen-bond acceptors (Lipinski definition) is 4. The van der Waals surface area contributed by atoms with Crippen molar-refractivity contribution in [3.8, 4) is 0 Å². The van der Waals surface area contributed by atoms with Crippen molar-refractivity contribution in [1.29, 1.82) is 0 Å². The lowest BCUT2D eigenvalue weighted by molar-refractivity contribution is 0.0606. The summed E-state index contributed by atoms with van der Waals surface area (Å²) in [7, 11) is -3.22. The molecule has 0 radical (unpaired) electrons. The van der Waals surface area contributed by atoms with Crippen molar-refractivity contribution in [2.24, 2.45) is 5.92 Å². The van der Waals surface area contributed by atoms with Crippen molar-refractivity contribution in [3.63, 3.8) is 0 Å². The number of aliphatic hydroxyl groups excluding tert-OH is 1. The van der Waals surface area contributed by atoms with Gasteiger partial charge in [-0.1, -0.05) is 48.5 Å². The zero-order valence-electron chi connectivity index (χ0n) is 14.3. The van der Waals surface area contributed by atoms with Gasteiger partial charge < -0.3 is 10.0 Å². The van der Waals surface area contributed by atoms with Crippen LogP contribution in [0.1, 0.15) is 24.5 Å². The smallest absolute Gasteiger partial charge is 0.179 e. The Balaban J connectivity index is 1.50. The number of rotatable bonds is 6. The maximum Gasteiger partial charge on any atom is 0.179 e. The minimum absolute atomic E-state index is 0.142. The summed E-state index contributed by atoms with van der Waals surface area (Å²) in [5, 5.41) is 10.5. The molecular weight excluding hydrogens is 334 g/mol. The Morgan fingerprint density at radius 2 is 1.52 bits per heavy atom. The molecule has 0 aliphatic carbocycles. The van der Waals surface area contributed by atoms with Crippen molar-refractivity contribution < 1.29 is 13.5 Å². The largest absolute Gasteiger partial charge is 0.388 e. The molecule has 1 N–H and O–H groups in total. The van der Waals surface area contributed by atoms with E-state index in [1.165, 1.54) is 0 Å². The van der Waals surface area contributed by atoms with Crippen LogP contribution < -0.4 is 0 Å². The first-order chi connectivity index (χ1) is 12.1. The maximum absolute atomic E-state index is 12.4. The highest BCUT2D eigenvalue weighted by atomic mass is 32.2. The molecular formula is C20H25NO3S. The van der Waals surface area contributed by atoms with Crippen LogP contribution >= 0.6 is 0 Å². The number of likely N-dealkylation sites (tertiary alicyclic amines) is 1. The lowest BCUT2D eigenvalue weighted by Crippen LogP contribution is -2.38. The van der Waals surface area contributed by atoms with E-state index < -0.39 is 15.9 Å². The van der Waals surface area contributed by atoms with Gasteiger partial charge in [0.25, 0.3) is 0 Å². The zero-order chi connectivity index (χ0) is 17.7. The molecule has 25 heavy (non-hydrogen) atoms. The third kappa shape index (κ3) is 4.69. The van der Waals surface area contributed by atoms with Crippen molar-refractivity contribution in [1.82, 2.24) is 4.90 Å². The zero-order valence-corrected chi connectivity index (χ0v) is 15.1. The SMILES string of the molecule is O=S(=O)(CCN1CCC([C@H](O)c2ccccc2)CC1)c1ccccc1. The normalized spacial score (nSPS) is 18.1. The molecule has 1 heterocycles. The number of piperidine rings is 1. The predicted octanol–water partition coefficient (Wildman–Crippen LogP) is 2.91. The first-order valence-electron chi connectivity index (χ1n) is 8.79. The molecule has 2 aromatic rings. The fraction of sp³-hybridized carbons (Fsp3) is 0.400. The molecule has 134 valence electrons. The summed E-state index contributed by atoms with van der Waals surface area (Å²) in [6.07, 6.45) is 1.35. The Morgan fingerprint density at radius 3 is 2.12 bits per heavy atom. The van der Waals surface area contributed by atoms with Crippen LogP contribution in [-0.4, -0.2) is 43.8 Å². The van der Waals surface area contributed by atoms with Gasteiger partial charge in [-0.2, -0.15) is 0 Å². The molecule has 3 rings (SSSR count). The van der Waals surface area contributed by atoms with E-state index in [4.69, 9.17) is 0 Å². The summed E-state index contributed by atoms with van der Waals surface area (Å²) < 4.78 is 24.7. The van der Waals surface area contributed by atoms with E-state index in [9.17, 15) is 13.5 Å². The lowest BCUT2D eigenvalue weighted by atomic mass is 9.87. The highest BCUT2D eigenvalue weighted by molar-refractivity contribution is 7.91. The minimum atomic E-state index is -3.22. The standard InChI is InChI=1S/C20H25NO3S/c22-20(17-7-3-1-4-8-17)18-11-13-21(14-12-18)15-16-25(23,24)19-9-5-2-6-10-19/h1-10,18,20,22H,11-16H2/t20-/m1/s1. The lowest BCUT2D eigenvalue weighted by Gasteiger charge is -2.34. The van der Waals surface area contributed by atoms with Gasteiger partial charge in [0.15, 0.2) is 9.84 Å². The number of hydrogen-bond donors (Lipinski definition) is 1. The summed E-state index contributed by atoms with van der Waals surface area (Å²) in [6, 6.07) is 18.4. The molecule has 0 saturated carbocycles. The predicted molar refractivity (Wildman–Crippen MR) is 99.1 cm³/mol. The molecule has 0 bridgehead atoms. The molecule has 1 aliphatic heterocycles. The van der Waals surface area contributed by atoms with Gasteiger partial charge in [-0.25, -0.2) is 8.42 Å². The minimum Gasteiger partial charge on any atom is -0.388 e. The van der Waals surface area contributed by atoms with Crippen LogP contribution in [0.15, 0.2) is 65.6 Å². The van der Waals surface area contributed by atoms with Crippen LogP contribution in [0.2, 0.25) is 0 Å². The van der Waals surface area contributed by atoms with E-state index in [0.717, 1.165) is 31.5 Å². The van der Waals surface area contributed by atoms with E-state index >= 15 is 0 Å². The van der Waals surface area contributed by atoms with Gasteiger partial charge in [0.2, 0.25) is 0 Å². The summed E-state index contributed by atoms with van der Waals surface area (Å²) >= 11 is 0. The van der Waals surface area contributed by atoms with Gasteiger partial charge in [-0.3, -0.25) is 0 Å². The first kappa shape index (κ1) is 18.1. The average Bonchev–Trinajstić information content (AvgIpc) is 2.68. The molecule has 1 saturated heterocycles. The Morgan fingerprint density at radius 1 is 0.960 bits per heavy atom. The molecule has 4 nitrogen and oxygen atoms in total. The molecule has 0 aromatic heterocycles. The first-order valence-corrected chi connectivity index (χ1v) is 10.4. The van der Waals surface area contributed by atoms with E-state index in [1.807, 2.05) is 36.4 Å². The highest BCUT2D eigenvalue weighted by Crippen LogP contribution is 2.30. The molecule has 1 atom stereocenters. The van der Waals surface area contributed by atoms with Gasteiger partial charge in [-0.15, -0.1) is 0 Å². The molecule has 1 aliphatic rings. The van der Waals surface area contributed by atoms with E-state index in [2.05, 4.69) is 4.90 Å². The second-order valence-electron chi connectivity index (χ2n) is 6.67. The quantitative estimate of drug-likeness (QED) is 0.862. The molecule has 2 aromatic carbocycles. The van der Waals surface area contributed by atoms with Crippen molar-refractivity contribution in [2.75, 3.05) is 25.4 Å². The highest BCUT2D eigenvalue weighted by Gasteiger charge is 2.27. The van der Waals surface area contributed by atoms with Crippen LogP contribution in [0.25, 0.3) is 0 Å². The Kier molecular flexibility index (Phi) is 5.89. The van der Waals surface area contributed by atoms with Gasteiger partial charge in [0, 0.05) is 6.54 Å². The summed E-state index contributed by atoms with van der Waals surface area (Å²) in [6.45, 7) is 2.21. The maximum atomic E-state index is 12.4. The van der Waals surface area contributed by atoms with Crippen molar-refractivity contribution >= 4 is 9.84 Å². The van der Waals surface area contributed by atoms with Gasteiger partial charge >= 0.3 is 0 Å². The summed E-state index contributed by atoms with van der Waals surface area (Å²) in [5.74, 6) is 0.382. The summed E-state index contributed by atoms with van der Waals surface area (Å²) in [5.41, 5.74) is 0.965. The van der Waals surface area contributed by atoms with Crippen LogP contribution in [0.5, 0.6) is 0 Å². The number of benzene rings is 2. The second kappa shape index (κ2) is 8.13. The molecule has 5 heteroatoms. The van der Waals surface area contributed by atoms with Gasteiger partial charge in [0.1, 0.15) is 0 Å². The Bertz CT molecular complexity index is 754. The van der Waals surface area contributed by atoms with Crippen LogP contribution in [0.3, 0.4) is 0 Å². The fourth-order valence-corrected chi connectivity index (χ4v) is 4.72. The van der Waals surface area contributed by atoms with Crippen molar-refractivity contribution in [3.05, 3.63) is 66.2 Å². The fourth-order valence-electron chi connectivity index (χ4n) is 3.41. The van der Waals surface area contributed by atoms with Gasteiger partial charge in [0.05, 0.1) is 16.8 Å². The number of aliphatic hydroxyl groups is 1. The van der Waals surface area contributed by atoms with E-state index in [-0.39, 0.29) is 11.7 Å². The van der Waals surface area contributed by atoms with Crippen molar-refractivity contribution in [2.45, 2.75) is 23.8 Å². The monoisotopic (exact) mass is 359 g/mol. The number of nitrogens with zero attached hydrogens (tertiary/aromatic N) is 1.